The van der Waals surface area contributed by atoms with Crippen LogP contribution in [0.5, 0.6) is 0 Å². The fourth-order valence-corrected chi connectivity index (χ4v) is 5.62. The lowest BCUT2D eigenvalue weighted by molar-refractivity contribution is -0.140. The lowest BCUT2D eigenvalue weighted by Crippen LogP contribution is -2.52. The number of benzene rings is 3. The number of halogens is 1. The van der Waals surface area contributed by atoms with E-state index in [9.17, 15) is 18.0 Å². The molecule has 0 fully saturated rings. The van der Waals surface area contributed by atoms with Gasteiger partial charge in [-0.2, -0.15) is 0 Å². The van der Waals surface area contributed by atoms with Crippen molar-refractivity contribution < 1.29 is 18.0 Å². The number of hydrogen-bond acceptors (Lipinski definition) is 4. The predicted molar refractivity (Wildman–Crippen MR) is 152 cm³/mol. The SMILES string of the molecule is CCNC(=O)[C@@H](CC)N(Cc1ccc(C)cc1)C(=O)CN(c1ccc(Cl)cc1)S(=O)(=O)c1ccc(C)cc1. The number of rotatable bonds is 11. The molecule has 3 aromatic carbocycles. The monoisotopic (exact) mass is 555 g/mol. The first-order valence-electron chi connectivity index (χ1n) is 12.5. The van der Waals surface area contributed by atoms with Crippen molar-refractivity contribution in [2.45, 2.75) is 51.6 Å². The van der Waals surface area contributed by atoms with E-state index in [-0.39, 0.29) is 17.3 Å². The molecule has 0 saturated heterocycles. The fraction of sp³-hybridized carbons (Fsp3) is 0.310. The zero-order chi connectivity index (χ0) is 27.9. The molecule has 7 nitrogen and oxygen atoms in total. The number of amides is 2. The second-order valence-electron chi connectivity index (χ2n) is 9.13. The van der Waals surface area contributed by atoms with Gasteiger partial charge in [0.1, 0.15) is 12.6 Å². The molecule has 0 heterocycles. The van der Waals surface area contributed by atoms with Gasteiger partial charge < -0.3 is 10.2 Å². The van der Waals surface area contributed by atoms with E-state index >= 15 is 0 Å². The van der Waals surface area contributed by atoms with Crippen molar-refractivity contribution in [1.29, 1.82) is 0 Å². The first-order chi connectivity index (χ1) is 18.1. The third-order valence-corrected chi connectivity index (χ3v) is 8.25. The molecule has 0 radical (unpaired) electrons. The van der Waals surface area contributed by atoms with Crippen LogP contribution >= 0.6 is 11.6 Å². The van der Waals surface area contributed by atoms with E-state index in [1.54, 1.807) is 36.4 Å². The quantitative estimate of drug-likeness (QED) is 0.357. The summed E-state index contributed by atoms with van der Waals surface area (Å²) in [5.74, 6) is -0.774. The maximum absolute atomic E-state index is 13.9. The zero-order valence-corrected chi connectivity index (χ0v) is 23.7. The lowest BCUT2D eigenvalue weighted by Gasteiger charge is -2.33. The Morgan fingerprint density at radius 2 is 1.42 bits per heavy atom. The summed E-state index contributed by atoms with van der Waals surface area (Å²) in [5, 5.41) is 3.24. The molecule has 0 aliphatic carbocycles. The Bertz CT molecular complexity index is 1340. The number of likely N-dealkylation sites (N-methyl/N-ethyl adjacent to an activating group) is 1. The molecular weight excluding hydrogens is 522 g/mol. The molecule has 1 N–H and O–H groups in total. The Labute approximate surface area is 230 Å². The number of hydrogen-bond donors (Lipinski definition) is 1. The highest BCUT2D eigenvalue weighted by Crippen LogP contribution is 2.26. The van der Waals surface area contributed by atoms with Gasteiger partial charge in [-0.1, -0.05) is 66.0 Å². The molecule has 0 aliphatic rings. The van der Waals surface area contributed by atoms with E-state index in [1.807, 2.05) is 52.0 Å². The first-order valence-corrected chi connectivity index (χ1v) is 14.4. The second kappa shape index (κ2) is 12.9. The molecule has 0 spiro atoms. The Morgan fingerprint density at radius 3 is 1.95 bits per heavy atom. The van der Waals surface area contributed by atoms with Crippen molar-refractivity contribution in [3.8, 4) is 0 Å². The number of anilines is 1. The molecule has 3 rings (SSSR count). The van der Waals surface area contributed by atoms with Crippen molar-refractivity contribution in [2.75, 3.05) is 17.4 Å². The number of aryl methyl sites for hydroxylation is 2. The van der Waals surface area contributed by atoms with Crippen LogP contribution in [0.1, 0.15) is 37.0 Å². The molecule has 202 valence electrons. The maximum Gasteiger partial charge on any atom is 0.264 e. The second-order valence-corrected chi connectivity index (χ2v) is 11.4. The lowest BCUT2D eigenvalue weighted by atomic mass is 10.1. The van der Waals surface area contributed by atoms with Crippen LogP contribution in [0.15, 0.2) is 77.7 Å². The van der Waals surface area contributed by atoms with Gasteiger partial charge in [-0.3, -0.25) is 13.9 Å². The third kappa shape index (κ3) is 7.14. The van der Waals surface area contributed by atoms with E-state index in [2.05, 4.69) is 5.32 Å². The van der Waals surface area contributed by atoms with E-state index in [0.29, 0.717) is 23.7 Å². The van der Waals surface area contributed by atoms with Gasteiger partial charge >= 0.3 is 0 Å². The Balaban J connectivity index is 2.04. The number of nitrogens with zero attached hydrogens (tertiary/aromatic N) is 2. The minimum absolute atomic E-state index is 0.0618. The highest BCUT2D eigenvalue weighted by Gasteiger charge is 2.33. The molecule has 0 saturated carbocycles. The zero-order valence-electron chi connectivity index (χ0n) is 22.1. The van der Waals surface area contributed by atoms with Gasteiger partial charge in [0.15, 0.2) is 0 Å². The summed E-state index contributed by atoms with van der Waals surface area (Å²) in [6.45, 7) is 7.57. The van der Waals surface area contributed by atoms with Crippen LogP contribution in [0.2, 0.25) is 5.02 Å². The number of carbonyl (C=O) groups is 2. The molecule has 0 aliphatic heterocycles. The van der Waals surface area contributed by atoms with Gasteiger partial charge in [0, 0.05) is 18.1 Å². The van der Waals surface area contributed by atoms with Crippen molar-refractivity contribution in [3.05, 3.63) is 94.5 Å². The Kier molecular flexibility index (Phi) is 9.94. The van der Waals surface area contributed by atoms with Crippen LogP contribution in [0.25, 0.3) is 0 Å². The van der Waals surface area contributed by atoms with Crippen LogP contribution in [0.4, 0.5) is 5.69 Å². The third-order valence-electron chi connectivity index (χ3n) is 6.21. The van der Waals surface area contributed by atoms with Gasteiger partial charge in [-0.15, -0.1) is 0 Å². The van der Waals surface area contributed by atoms with Crippen molar-refractivity contribution >= 4 is 39.1 Å². The van der Waals surface area contributed by atoms with Crippen molar-refractivity contribution in [2.24, 2.45) is 0 Å². The van der Waals surface area contributed by atoms with Gasteiger partial charge in [-0.05, 0) is 69.2 Å². The molecule has 2 amide bonds. The molecule has 0 aromatic heterocycles. The number of carbonyl (C=O) groups excluding carboxylic acids is 2. The van der Waals surface area contributed by atoms with E-state index in [0.717, 1.165) is 21.0 Å². The van der Waals surface area contributed by atoms with Crippen molar-refractivity contribution in [1.82, 2.24) is 10.2 Å². The minimum atomic E-state index is -4.11. The molecule has 0 bridgehead atoms. The molecule has 9 heteroatoms. The summed E-state index contributed by atoms with van der Waals surface area (Å²) >= 11 is 6.06. The van der Waals surface area contributed by atoms with E-state index in [1.165, 1.54) is 17.0 Å². The summed E-state index contributed by atoms with van der Waals surface area (Å²) in [5.41, 5.74) is 3.12. The smallest absolute Gasteiger partial charge is 0.264 e. The van der Waals surface area contributed by atoms with Gasteiger partial charge in [-0.25, -0.2) is 8.42 Å². The van der Waals surface area contributed by atoms with Crippen molar-refractivity contribution in [3.63, 3.8) is 0 Å². The average molecular weight is 556 g/mol. The van der Waals surface area contributed by atoms with Crippen LogP contribution in [0, 0.1) is 13.8 Å². The summed E-state index contributed by atoms with van der Waals surface area (Å²) in [6.07, 6.45) is 0.370. The molecule has 38 heavy (non-hydrogen) atoms. The van der Waals surface area contributed by atoms with Crippen LogP contribution < -0.4 is 9.62 Å². The standard InChI is InChI=1S/C29H34ClN3O4S/c1-5-27(29(35)31-6-2)32(19-23-11-7-21(3)8-12-23)28(34)20-33(25-15-13-24(30)14-16-25)38(36,37)26-17-9-22(4)10-18-26/h7-18,27H,5-6,19-20H2,1-4H3,(H,31,35)/t27-/m1/s1. The van der Waals surface area contributed by atoms with Crippen LogP contribution in [0.3, 0.4) is 0 Å². The predicted octanol–water partition coefficient (Wildman–Crippen LogP) is 5.10. The fourth-order valence-electron chi connectivity index (χ4n) is 4.08. The highest BCUT2D eigenvalue weighted by atomic mass is 35.5. The maximum atomic E-state index is 13.9. The summed E-state index contributed by atoms with van der Waals surface area (Å²) < 4.78 is 28.7. The minimum Gasteiger partial charge on any atom is -0.355 e. The van der Waals surface area contributed by atoms with Gasteiger partial charge in [0.05, 0.1) is 10.6 Å². The normalized spacial score (nSPS) is 12.0. The molecule has 0 unspecified atom stereocenters. The van der Waals surface area contributed by atoms with Gasteiger partial charge in [0.2, 0.25) is 11.8 Å². The van der Waals surface area contributed by atoms with Gasteiger partial charge in [0.25, 0.3) is 10.0 Å². The highest BCUT2D eigenvalue weighted by molar-refractivity contribution is 7.92. The summed E-state index contributed by atoms with van der Waals surface area (Å²) in [7, 11) is -4.11. The molecular formula is C29H34ClN3O4S. The Hall–Kier alpha value is -3.36. The first kappa shape index (κ1) is 29.2. The topological polar surface area (TPSA) is 86.8 Å². The number of nitrogens with one attached hydrogen (secondary N) is 1. The molecule has 1 atom stereocenters. The Morgan fingerprint density at radius 1 is 0.868 bits per heavy atom. The number of sulfonamides is 1. The van der Waals surface area contributed by atoms with E-state index < -0.39 is 28.5 Å². The van der Waals surface area contributed by atoms with Crippen LogP contribution in [-0.2, 0) is 26.2 Å². The average Bonchev–Trinajstić information content (AvgIpc) is 2.89. The van der Waals surface area contributed by atoms with Crippen LogP contribution in [-0.4, -0.2) is 44.3 Å². The van der Waals surface area contributed by atoms with E-state index in [4.69, 9.17) is 11.6 Å². The summed E-state index contributed by atoms with van der Waals surface area (Å²) in [6, 6.07) is 19.6. The summed E-state index contributed by atoms with van der Waals surface area (Å²) in [4.78, 5) is 28.4. The largest absolute Gasteiger partial charge is 0.355 e. The molecule has 3 aromatic rings.